The number of nitrogens with zero attached hydrogens (tertiary/aromatic N) is 3. The van der Waals surface area contributed by atoms with Gasteiger partial charge < -0.3 is 9.64 Å². The predicted octanol–water partition coefficient (Wildman–Crippen LogP) is 4.46. The summed E-state index contributed by atoms with van der Waals surface area (Å²) < 4.78 is 81.5. The van der Waals surface area contributed by atoms with Crippen LogP contribution in [0, 0.1) is 0 Å². The summed E-state index contributed by atoms with van der Waals surface area (Å²) in [7, 11) is 0. The Morgan fingerprint density at radius 3 is 2.26 bits per heavy atom. The third-order valence-corrected chi connectivity index (χ3v) is 5.41. The Balaban J connectivity index is 1.42. The molecule has 3 rings (SSSR count). The number of alkyl halides is 6. The minimum atomic E-state index is -4.63. The number of amides is 2. The van der Waals surface area contributed by atoms with Crippen LogP contribution in [0.3, 0.4) is 0 Å². The van der Waals surface area contributed by atoms with E-state index in [9.17, 15) is 35.9 Å². The molecule has 0 bridgehead atoms. The fourth-order valence-electron chi connectivity index (χ4n) is 3.31. The summed E-state index contributed by atoms with van der Waals surface area (Å²) in [6.07, 6.45) is -9.56. The number of imide groups is 1. The zero-order valence-corrected chi connectivity index (χ0v) is 18.7. The van der Waals surface area contributed by atoms with Crippen molar-refractivity contribution in [3.63, 3.8) is 0 Å². The van der Waals surface area contributed by atoms with E-state index in [2.05, 4.69) is 4.98 Å². The summed E-state index contributed by atoms with van der Waals surface area (Å²) in [5.74, 6) is -0.793. The van der Waals surface area contributed by atoms with Gasteiger partial charge >= 0.3 is 18.4 Å². The molecular weight excluding hydrogens is 506 g/mol. The van der Waals surface area contributed by atoms with Crippen molar-refractivity contribution in [1.82, 2.24) is 15.2 Å². The number of halogens is 7. The van der Waals surface area contributed by atoms with Crippen LogP contribution in [0.15, 0.2) is 36.5 Å². The van der Waals surface area contributed by atoms with Crippen molar-refractivity contribution in [1.29, 1.82) is 0 Å². The first kappa shape index (κ1) is 26.5. The highest BCUT2D eigenvalue weighted by atomic mass is 35.5. The number of alkyl carbamates (subject to hydrolysis) is 1. The molecule has 0 saturated carbocycles. The molecule has 1 N–H and O–H groups in total. The van der Waals surface area contributed by atoms with Crippen molar-refractivity contribution >= 4 is 29.4 Å². The number of carbonyl (C=O) groups is 2. The molecule has 1 aliphatic rings. The number of nitrogens with one attached hydrogen (secondary N) is 1. The van der Waals surface area contributed by atoms with Crippen LogP contribution in [0.1, 0.15) is 21.5 Å². The molecule has 1 fully saturated rings. The lowest BCUT2D eigenvalue weighted by Crippen LogP contribution is -2.48. The maximum atomic E-state index is 12.8. The van der Waals surface area contributed by atoms with Gasteiger partial charge in [-0.15, -0.1) is 0 Å². The summed E-state index contributed by atoms with van der Waals surface area (Å²) in [5.41, 5.74) is -2.30. The van der Waals surface area contributed by atoms with Gasteiger partial charge in [-0.25, -0.2) is 9.78 Å². The molecule has 1 aromatic carbocycles. The van der Waals surface area contributed by atoms with Crippen molar-refractivity contribution in [2.75, 3.05) is 44.2 Å². The van der Waals surface area contributed by atoms with Crippen molar-refractivity contribution < 1.29 is 40.7 Å². The standard InChI is InChI=1S/C21H19ClF6N4O3/c22-16-11-15(21(26,27)28)12-29-17(16)32-6-4-31(5-7-32)8-9-35-19(34)30-18(33)13-2-1-3-14(10-13)20(23,24)25/h1-3,10-12H,4-9H2,(H,30,33,34). The molecule has 1 saturated heterocycles. The van der Waals surface area contributed by atoms with Gasteiger partial charge in [-0.1, -0.05) is 17.7 Å². The van der Waals surface area contributed by atoms with Crippen molar-refractivity contribution in [2.45, 2.75) is 12.4 Å². The first-order chi connectivity index (χ1) is 16.3. The summed E-state index contributed by atoms with van der Waals surface area (Å²) in [6.45, 7) is 1.99. The van der Waals surface area contributed by atoms with Crippen molar-refractivity contribution in [2.24, 2.45) is 0 Å². The van der Waals surface area contributed by atoms with Crippen molar-refractivity contribution in [3.05, 3.63) is 58.2 Å². The topological polar surface area (TPSA) is 74.8 Å². The third-order valence-electron chi connectivity index (χ3n) is 5.13. The molecule has 0 spiro atoms. The van der Waals surface area contributed by atoms with E-state index in [4.69, 9.17) is 16.3 Å². The van der Waals surface area contributed by atoms with Crippen LogP contribution in [-0.4, -0.2) is 61.2 Å². The van der Waals surface area contributed by atoms with Crippen LogP contribution in [0.2, 0.25) is 5.02 Å². The normalized spacial score (nSPS) is 15.1. The smallest absolute Gasteiger partial charge is 0.417 e. The second-order valence-electron chi connectivity index (χ2n) is 7.52. The number of benzene rings is 1. The average molecular weight is 525 g/mol. The number of hydrogen-bond acceptors (Lipinski definition) is 6. The highest BCUT2D eigenvalue weighted by Gasteiger charge is 2.33. The Morgan fingerprint density at radius 1 is 1.00 bits per heavy atom. The lowest BCUT2D eigenvalue weighted by Gasteiger charge is -2.35. The third kappa shape index (κ3) is 7.21. The first-order valence-corrected chi connectivity index (χ1v) is 10.6. The SMILES string of the molecule is O=C(NC(=O)c1cccc(C(F)(F)F)c1)OCCN1CCN(c2ncc(C(F)(F)F)cc2Cl)CC1. The minimum absolute atomic E-state index is 0.0962. The van der Waals surface area contributed by atoms with E-state index in [0.717, 1.165) is 30.5 Å². The van der Waals surface area contributed by atoms with Crippen LogP contribution in [0.4, 0.5) is 37.0 Å². The number of anilines is 1. The molecule has 2 aromatic rings. The Hall–Kier alpha value is -3.06. The molecule has 0 aliphatic carbocycles. The van der Waals surface area contributed by atoms with Crippen LogP contribution in [0.25, 0.3) is 0 Å². The highest BCUT2D eigenvalue weighted by molar-refractivity contribution is 6.33. The highest BCUT2D eigenvalue weighted by Crippen LogP contribution is 2.33. The van der Waals surface area contributed by atoms with Gasteiger partial charge in [0, 0.05) is 44.5 Å². The predicted molar refractivity (Wildman–Crippen MR) is 113 cm³/mol. The fraction of sp³-hybridized carbons (Fsp3) is 0.381. The average Bonchev–Trinajstić information content (AvgIpc) is 2.78. The summed E-state index contributed by atoms with van der Waals surface area (Å²) in [6, 6.07) is 4.44. The van der Waals surface area contributed by atoms with Gasteiger partial charge in [0.25, 0.3) is 5.91 Å². The Morgan fingerprint density at radius 2 is 1.66 bits per heavy atom. The van der Waals surface area contributed by atoms with Gasteiger partial charge in [0.1, 0.15) is 12.4 Å². The molecular formula is C21H19ClF6N4O3. The van der Waals surface area contributed by atoms with E-state index in [1.54, 1.807) is 4.90 Å². The van der Waals surface area contributed by atoms with Crippen molar-refractivity contribution in [3.8, 4) is 0 Å². The molecule has 1 aromatic heterocycles. The van der Waals surface area contributed by atoms with Gasteiger partial charge in [-0.05, 0) is 24.3 Å². The van der Waals surface area contributed by atoms with E-state index >= 15 is 0 Å². The molecule has 2 amide bonds. The van der Waals surface area contributed by atoms with E-state index in [1.165, 1.54) is 0 Å². The zero-order chi connectivity index (χ0) is 25.8. The van der Waals surface area contributed by atoms with Crippen LogP contribution >= 0.6 is 11.6 Å². The number of aromatic nitrogens is 1. The van der Waals surface area contributed by atoms with Gasteiger partial charge in [-0.2, -0.15) is 26.3 Å². The Labute approximate surface area is 200 Å². The molecule has 190 valence electrons. The first-order valence-electron chi connectivity index (χ1n) is 10.2. The quantitative estimate of drug-likeness (QED) is 0.582. The van der Waals surface area contributed by atoms with E-state index in [-0.39, 0.29) is 23.0 Å². The van der Waals surface area contributed by atoms with Crippen LogP contribution in [0.5, 0.6) is 0 Å². The second-order valence-corrected chi connectivity index (χ2v) is 7.93. The van der Waals surface area contributed by atoms with E-state index in [1.807, 2.05) is 10.2 Å². The molecule has 7 nitrogen and oxygen atoms in total. The monoisotopic (exact) mass is 524 g/mol. The number of piperazine rings is 1. The fourth-order valence-corrected chi connectivity index (χ4v) is 3.59. The Bertz CT molecular complexity index is 1070. The number of rotatable bonds is 5. The summed E-state index contributed by atoms with van der Waals surface area (Å²) in [5, 5.41) is 1.75. The largest absolute Gasteiger partial charge is 0.448 e. The van der Waals surface area contributed by atoms with E-state index < -0.39 is 35.5 Å². The molecule has 0 radical (unpaired) electrons. The number of ether oxygens (including phenoxy) is 1. The maximum absolute atomic E-state index is 12.8. The van der Waals surface area contributed by atoms with Crippen LogP contribution in [-0.2, 0) is 17.1 Å². The number of carbonyl (C=O) groups excluding carboxylic acids is 2. The maximum Gasteiger partial charge on any atom is 0.417 e. The molecule has 1 aliphatic heterocycles. The molecule has 0 unspecified atom stereocenters. The molecule has 2 heterocycles. The van der Waals surface area contributed by atoms with Gasteiger partial charge in [0.15, 0.2) is 0 Å². The lowest BCUT2D eigenvalue weighted by molar-refractivity contribution is -0.138. The van der Waals surface area contributed by atoms with Gasteiger partial charge in [0.2, 0.25) is 0 Å². The summed E-state index contributed by atoms with van der Waals surface area (Å²) in [4.78, 5) is 31.3. The van der Waals surface area contributed by atoms with Gasteiger partial charge in [0.05, 0.1) is 16.1 Å². The number of pyridine rings is 1. The summed E-state index contributed by atoms with van der Waals surface area (Å²) >= 11 is 5.97. The zero-order valence-electron chi connectivity index (χ0n) is 17.9. The van der Waals surface area contributed by atoms with E-state index in [0.29, 0.717) is 38.8 Å². The molecule has 14 heteroatoms. The van der Waals surface area contributed by atoms with Crippen LogP contribution < -0.4 is 10.2 Å². The lowest BCUT2D eigenvalue weighted by atomic mass is 10.1. The second kappa shape index (κ2) is 10.7. The number of hydrogen-bond donors (Lipinski definition) is 1. The molecule has 35 heavy (non-hydrogen) atoms. The Kier molecular flexibility index (Phi) is 8.11. The molecule has 0 atom stereocenters. The minimum Gasteiger partial charge on any atom is -0.448 e. The van der Waals surface area contributed by atoms with Gasteiger partial charge in [-0.3, -0.25) is 15.0 Å².